The Bertz CT molecular complexity index is 805. The predicted molar refractivity (Wildman–Crippen MR) is 104 cm³/mol. The first-order valence-electron chi connectivity index (χ1n) is 9.03. The molecular weight excluding hydrogens is 344 g/mol. The van der Waals surface area contributed by atoms with Gasteiger partial charge in [-0.2, -0.15) is 0 Å². The molecule has 1 aliphatic heterocycles. The largest absolute Gasteiger partial charge is 0.497 e. The average molecular weight is 370 g/mol. The fraction of sp³-hybridized carbons (Fsp3) is 0.381. The van der Waals surface area contributed by atoms with Gasteiger partial charge in [-0.25, -0.2) is 4.79 Å². The Hall–Kier alpha value is -2.89. The van der Waals surface area contributed by atoms with Crippen molar-refractivity contribution in [2.75, 3.05) is 26.9 Å². The van der Waals surface area contributed by atoms with Gasteiger partial charge in [0.1, 0.15) is 19.0 Å². The summed E-state index contributed by atoms with van der Waals surface area (Å²) in [5.74, 6) is 2.30. The summed E-state index contributed by atoms with van der Waals surface area (Å²) in [5, 5.41) is 5.82. The molecule has 6 nitrogen and oxygen atoms in total. The number of benzene rings is 2. The van der Waals surface area contributed by atoms with E-state index in [1.54, 1.807) is 7.11 Å². The van der Waals surface area contributed by atoms with Crippen LogP contribution in [-0.4, -0.2) is 32.9 Å². The number of rotatable bonds is 6. The summed E-state index contributed by atoms with van der Waals surface area (Å²) >= 11 is 0. The minimum absolute atomic E-state index is 0.205. The van der Waals surface area contributed by atoms with Gasteiger partial charge in [-0.1, -0.05) is 32.0 Å². The summed E-state index contributed by atoms with van der Waals surface area (Å²) in [4.78, 5) is 12.2. The minimum atomic E-state index is -0.247. The topological polar surface area (TPSA) is 68.8 Å². The molecular formula is C21H26N2O4. The van der Waals surface area contributed by atoms with Crippen LogP contribution < -0.4 is 24.8 Å². The molecule has 2 aromatic rings. The van der Waals surface area contributed by atoms with Crippen molar-refractivity contribution in [3.8, 4) is 17.2 Å². The van der Waals surface area contributed by atoms with Crippen LogP contribution in [0.4, 0.5) is 4.79 Å². The van der Waals surface area contributed by atoms with Crippen LogP contribution in [0.25, 0.3) is 0 Å². The number of carbonyl (C=O) groups is 1. The van der Waals surface area contributed by atoms with Crippen LogP contribution in [-0.2, 0) is 12.0 Å². The van der Waals surface area contributed by atoms with Crippen LogP contribution in [0.1, 0.15) is 25.0 Å². The standard InChI is InChI=1S/C21H26N2O4/c1-21(2,16-7-8-18-19(12-16)27-10-9-26-18)14-23-20(24)22-13-15-5-4-6-17(11-15)25-3/h4-8,11-12H,9-10,13-14H2,1-3H3,(H2,22,23,24). The van der Waals surface area contributed by atoms with Gasteiger partial charge in [-0.05, 0) is 35.4 Å². The van der Waals surface area contributed by atoms with Gasteiger partial charge in [0, 0.05) is 18.5 Å². The third-order valence-electron chi connectivity index (χ3n) is 4.60. The van der Waals surface area contributed by atoms with Gasteiger partial charge in [-0.3, -0.25) is 0 Å². The first-order valence-corrected chi connectivity index (χ1v) is 9.03. The highest BCUT2D eigenvalue weighted by molar-refractivity contribution is 5.74. The molecule has 2 N–H and O–H groups in total. The number of amides is 2. The molecule has 0 unspecified atom stereocenters. The molecule has 0 saturated carbocycles. The van der Waals surface area contributed by atoms with Gasteiger partial charge in [0.05, 0.1) is 7.11 Å². The lowest BCUT2D eigenvalue weighted by Crippen LogP contribution is -2.42. The zero-order valence-corrected chi connectivity index (χ0v) is 16.0. The Labute approximate surface area is 159 Å². The molecule has 0 aliphatic carbocycles. The maximum Gasteiger partial charge on any atom is 0.315 e. The third kappa shape index (κ3) is 4.84. The highest BCUT2D eigenvalue weighted by Gasteiger charge is 2.24. The Kier molecular flexibility index (Phi) is 5.74. The Morgan fingerprint density at radius 1 is 1.07 bits per heavy atom. The number of hydrogen-bond donors (Lipinski definition) is 2. The molecule has 2 amide bonds. The SMILES string of the molecule is COc1cccc(CNC(=O)NCC(C)(C)c2ccc3c(c2)OCCO3)c1. The summed E-state index contributed by atoms with van der Waals surface area (Å²) in [6.07, 6.45) is 0. The fourth-order valence-electron chi connectivity index (χ4n) is 2.89. The maximum absolute atomic E-state index is 12.2. The first kappa shape index (κ1) is 18.9. The number of ether oxygens (including phenoxy) is 3. The van der Waals surface area contributed by atoms with Crippen molar-refractivity contribution in [2.45, 2.75) is 25.8 Å². The summed E-state index contributed by atoms with van der Waals surface area (Å²) < 4.78 is 16.4. The van der Waals surface area contributed by atoms with Crippen molar-refractivity contribution in [1.29, 1.82) is 0 Å². The molecule has 0 atom stereocenters. The van der Waals surface area contributed by atoms with Crippen LogP contribution in [0.5, 0.6) is 17.2 Å². The zero-order valence-electron chi connectivity index (χ0n) is 16.0. The molecule has 0 radical (unpaired) electrons. The number of carbonyl (C=O) groups excluding carboxylic acids is 1. The van der Waals surface area contributed by atoms with E-state index in [-0.39, 0.29) is 11.4 Å². The second kappa shape index (κ2) is 8.20. The van der Waals surface area contributed by atoms with Crippen molar-refractivity contribution >= 4 is 6.03 Å². The Morgan fingerprint density at radius 3 is 2.63 bits per heavy atom. The van der Waals surface area contributed by atoms with E-state index in [4.69, 9.17) is 14.2 Å². The highest BCUT2D eigenvalue weighted by atomic mass is 16.6. The minimum Gasteiger partial charge on any atom is -0.497 e. The molecule has 0 saturated heterocycles. The summed E-state index contributed by atoms with van der Waals surface area (Å²) in [6.45, 7) is 6.23. The Balaban J connectivity index is 1.54. The van der Waals surface area contributed by atoms with E-state index >= 15 is 0 Å². The fourth-order valence-corrected chi connectivity index (χ4v) is 2.89. The van der Waals surface area contributed by atoms with Gasteiger partial charge in [0.2, 0.25) is 0 Å². The van der Waals surface area contributed by atoms with E-state index in [2.05, 4.69) is 24.5 Å². The van der Waals surface area contributed by atoms with E-state index in [0.717, 1.165) is 28.4 Å². The zero-order chi connectivity index (χ0) is 19.3. The van der Waals surface area contributed by atoms with Crippen molar-refractivity contribution in [3.63, 3.8) is 0 Å². The van der Waals surface area contributed by atoms with Crippen molar-refractivity contribution in [1.82, 2.24) is 10.6 Å². The van der Waals surface area contributed by atoms with Crippen LogP contribution in [0.15, 0.2) is 42.5 Å². The second-order valence-electron chi connectivity index (χ2n) is 7.13. The van der Waals surface area contributed by atoms with E-state index in [1.807, 2.05) is 42.5 Å². The molecule has 144 valence electrons. The summed E-state index contributed by atoms with van der Waals surface area (Å²) in [7, 11) is 1.62. The van der Waals surface area contributed by atoms with Gasteiger partial charge < -0.3 is 24.8 Å². The predicted octanol–water partition coefficient (Wildman–Crippen LogP) is 3.24. The molecule has 27 heavy (non-hydrogen) atoms. The average Bonchev–Trinajstić information content (AvgIpc) is 2.70. The van der Waals surface area contributed by atoms with E-state index in [1.165, 1.54) is 0 Å². The van der Waals surface area contributed by atoms with Crippen molar-refractivity contribution < 1.29 is 19.0 Å². The van der Waals surface area contributed by atoms with E-state index < -0.39 is 0 Å². The normalized spacial score (nSPS) is 13.0. The van der Waals surface area contributed by atoms with Gasteiger partial charge in [0.15, 0.2) is 11.5 Å². The van der Waals surface area contributed by atoms with E-state index in [0.29, 0.717) is 26.3 Å². The molecule has 2 aromatic carbocycles. The monoisotopic (exact) mass is 370 g/mol. The molecule has 0 aromatic heterocycles. The summed E-state index contributed by atoms with van der Waals surface area (Å²) in [5.41, 5.74) is 1.82. The molecule has 0 spiro atoms. The highest BCUT2D eigenvalue weighted by Crippen LogP contribution is 2.34. The second-order valence-corrected chi connectivity index (χ2v) is 7.13. The maximum atomic E-state index is 12.2. The van der Waals surface area contributed by atoms with Crippen molar-refractivity contribution in [3.05, 3.63) is 53.6 Å². The van der Waals surface area contributed by atoms with Crippen LogP contribution in [0, 0.1) is 0 Å². The van der Waals surface area contributed by atoms with Gasteiger partial charge in [-0.15, -0.1) is 0 Å². The smallest absolute Gasteiger partial charge is 0.315 e. The number of nitrogens with one attached hydrogen (secondary N) is 2. The number of fused-ring (bicyclic) bond motifs is 1. The summed E-state index contributed by atoms with van der Waals surface area (Å²) in [6, 6.07) is 13.4. The lowest BCUT2D eigenvalue weighted by Gasteiger charge is -2.28. The molecule has 0 fully saturated rings. The Morgan fingerprint density at radius 2 is 1.85 bits per heavy atom. The molecule has 1 aliphatic rings. The molecule has 1 heterocycles. The quantitative estimate of drug-likeness (QED) is 0.819. The van der Waals surface area contributed by atoms with Gasteiger partial charge >= 0.3 is 6.03 Å². The molecule has 6 heteroatoms. The number of hydrogen-bond acceptors (Lipinski definition) is 4. The van der Waals surface area contributed by atoms with E-state index in [9.17, 15) is 4.79 Å². The van der Waals surface area contributed by atoms with Crippen LogP contribution >= 0.6 is 0 Å². The third-order valence-corrected chi connectivity index (χ3v) is 4.60. The lowest BCUT2D eigenvalue weighted by molar-refractivity contribution is 0.171. The van der Waals surface area contributed by atoms with Crippen LogP contribution in [0.3, 0.4) is 0 Å². The molecule has 3 rings (SSSR count). The number of methoxy groups -OCH3 is 1. The van der Waals surface area contributed by atoms with Crippen LogP contribution in [0.2, 0.25) is 0 Å². The first-order chi connectivity index (χ1) is 13.0. The number of urea groups is 1. The molecule has 0 bridgehead atoms. The van der Waals surface area contributed by atoms with Crippen molar-refractivity contribution in [2.24, 2.45) is 0 Å². The van der Waals surface area contributed by atoms with Gasteiger partial charge in [0.25, 0.3) is 0 Å². The lowest BCUT2D eigenvalue weighted by atomic mass is 9.84.